The molecule has 29 heavy (non-hydrogen) atoms. The summed E-state index contributed by atoms with van der Waals surface area (Å²) >= 11 is 6.16. The van der Waals surface area contributed by atoms with E-state index in [2.05, 4.69) is 9.72 Å². The SMILES string of the molecule is O=c1c2cc(OC(F)(F)F)ccc2ncn1Cc1cc(Cl)ccc1CC1CCC1. The van der Waals surface area contributed by atoms with Gasteiger partial charge < -0.3 is 4.74 Å². The van der Waals surface area contributed by atoms with E-state index >= 15 is 0 Å². The molecule has 152 valence electrons. The average molecular weight is 423 g/mol. The van der Waals surface area contributed by atoms with Crippen LogP contribution in [0.5, 0.6) is 5.75 Å². The third-order valence-corrected chi connectivity index (χ3v) is 5.51. The van der Waals surface area contributed by atoms with Crippen molar-refractivity contribution in [3.05, 3.63) is 69.2 Å². The Balaban J connectivity index is 1.68. The molecular formula is C21H18ClF3N2O2. The molecule has 1 saturated carbocycles. The van der Waals surface area contributed by atoms with E-state index in [9.17, 15) is 18.0 Å². The summed E-state index contributed by atoms with van der Waals surface area (Å²) in [6.07, 6.45) is 1.13. The van der Waals surface area contributed by atoms with Gasteiger partial charge in [0.2, 0.25) is 0 Å². The van der Waals surface area contributed by atoms with Crippen molar-refractivity contribution in [2.45, 2.75) is 38.6 Å². The number of aromatic nitrogens is 2. The van der Waals surface area contributed by atoms with Crippen LogP contribution in [0.25, 0.3) is 10.9 Å². The highest BCUT2D eigenvalue weighted by Crippen LogP contribution is 2.31. The summed E-state index contributed by atoms with van der Waals surface area (Å²) < 4.78 is 42.8. The van der Waals surface area contributed by atoms with E-state index in [1.165, 1.54) is 36.2 Å². The number of rotatable bonds is 5. The molecule has 0 unspecified atom stereocenters. The van der Waals surface area contributed by atoms with E-state index in [1.807, 2.05) is 18.2 Å². The van der Waals surface area contributed by atoms with Gasteiger partial charge in [-0.05, 0) is 53.8 Å². The number of alkyl halides is 3. The highest BCUT2D eigenvalue weighted by molar-refractivity contribution is 6.30. The number of fused-ring (bicyclic) bond motifs is 1. The van der Waals surface area contributed by atoms with E-state index in [-0.39, 0.29) is 11.9 Å². The fourth-order valence-corrected chi connectivity index (χ4v) is 3.77. The van der Waals surface area contributed by atoms with E-state index < -0.39 is 17.7 Å². The third-order valence-electron chi connectivity index (χ3n) is 5.27. The van der Waals surface area contributed by atoms with Gasteiger partial charge in [-0.15, -0.1) is 13.2 Å². The summed E-state index contributed by atoms with van der Waals surface area (Å²) in [5.41, 5.74) is 1.91. The number of benzene rings is 2. The van der Waals surface area contributed by atoms with Crippen LogP contribution in [-0.4, -0.2) is 15.9 Å². The molecular weight excluding hydrogens is 405 g/mol. The molecule has 1 fully saturated rings. The number of hydrogen-bond donors (Lipinski definition) is 0. The Morgan fingerprint density at radius 2 is 1.93 bits per heavy atom. The van der Waals surface area contributed by atoms with Gasteiger partial charge >= 0.3 is 6.36 Å². The van der Waals surface area contributed by atoms with Crippen molar-refractivity contribution in [1.29, 1.82) is 0 Å². The van der Waals surface area contributed by atoms with E-state index in [4.69, 9.17) is 11.6 Å². The molecule has 1 aromatic heterocycles. The van der Waals surface area contributed by atoms with Crippen LogP contribution < -0.4 is 10.3 Å². The lowest BCUT2D eigenvalue weighted by atomic mass is 9.80. The van der Waals surface area contributed by atoms with Gasteiger partial charge in [0.25, 0.3) is 5.56 Å². The Kier molecular flexibility index (Phi) is 5.25. The molecule has 0 N–H and O–H groups in total. The number of halogens is 4. The van der Waals surface area contributed by atoms with Gasteiger partial charge in [0.05, 0.1) is 23.8 Å². The predicted octanol–water partition coefficient (Wildman–Crippen LogP) is 5.34. The topological polar surface area (TPSA) is 44.1 Å². The van der Waals surface area contributed by atoms with Gasteiger partial charge in [-0.2, -0.15) is 0 Å². The Morgan fingerprint density at radius 3 is 2.62 bits per heavy atom. The Labute approximate surface area is 169 Å². The summed E-state index contributed by atoms with van der Waals surface area (Å²) in [7, 11) is 0. The van der Waals surface area contributed by atoms with Gasteiger partial charge in [0, 0.05) is 5.02 Å². The number of nitrogens with zero attached hydrogens (tertiary/aromatic N) is 2. The molecule has 1 aliphatic carbocycles. The first-order chi connectivity index (χ1) is 13.8. The minimum atomic E-state index is -4.83. The molecule has 8 heteroatoms. The molecule has 0 saturated heterocycles. The van der Waals surface area contributed by atoms with Crippen molar-refractivity contribution in [1.82, 2.24) is 9.55 Å². The zero-order chi connectivity index (χ0) is 20.6. The molecule has 0 bridgehead atoms. The maximum absolute atomic E-state index is 12.9. The molecule has 2 aromatic carbocycles. The quantitative estimate of drug-likeness (QED) is 0.557. The van der Waals surface area contributed by atoms with Gasteiger partial charge in [0.1, 0.15) is 5.75 Å². The third kappa shape index (κ3) is 4.56. The molecule has 1 heterocycles. The molecule has 0 aliphatic heterocycles. The van der Waals surface area contributed by atoms with Crippen molar-refractivity contribution in [3.63, 3.8) is 0 Å². The summed E-state index contributed by atoms with van der Waals surface area (Å²) in [5.74, 6) is 0.193. The van der Waals surface area contributed by atoms with E-state index in [0.717, 1.165) is 29.7 Å². The normalized spacial score (nSPS) is 14.8. The lowest BCUT2D eigenvalue weighted by Crippen LogP contribution is -2.23. The molecule has 3 aromatic rings. The van der Waals surface area contributed by atoms with Crippen LogP contribution in [0.3, 0.4) is 0 Å². The first kappa shape index (κ1) is 19.8. The van der Waals surface area contributed by atoms with Gasteiger partial charge in [0.15, 0.2) is 0 Å². The van der Waals surface area contributed by atoms with Crippen LogP contribution in [0, 0.1) is 5.92 Å². The molecule has 4 rings (SSSR count). The van der Waals surface area contributed by atoms with Crippen LogP contribution in [0.2, 0.25) is 5.02 Å². The van der Waals surface area contributed by atoms with Gasteiger partial charge in [-0.3, -0.25) is 9.36 Å². The number of hydrogen-bond acceptors (Lipinski definition) is 3. The molecule has 0 radical (unpaired) electrons. The van der Waals surface area contributed by atoms with Crippen LogP contribution in [0.4, 0.5) is 13.2 Å². The van der Waals surface area contributed by atoms with Crippen molar-refractivity contribution in [2.75, 3.05) is 0 Å². The average Bonchev–Trinajstić information content (AvgIpc) is 2.61. The first-order valence-electron chi connectivity index (χ1n) is 9.31. The maximum Gasteiger partial charge on any atom is 0.573 e. The summed E-state index contributed by atoms with van der Waals surface area (Å²) in [5, 5.41) is 0.636. The highest BCUT2D eigenvalue weighted by Gasteiger charge is 2.31. The number of ether oxygens (including phenoxy) is 1. The lowest BCUT2D eigenvalue weighted by Gasteiger charge is -2.26. The Hall–Kier alpha value is -2.54. The van der Waals surface area contributed by atoms with Gasteiger partial charge in [-0.1, -0.05) is 36.9 Å². The van der Waals surface area contributed by atoms with Crippen molar-refractivity contribution in [2.24, 2.45) is 5.92 Å². The molecule has 4 nitrogen and oxygen atoms in total. The minimum Gasteiger partial charge on any atom is -0.406 e. The zero-order valence-electron chi connectivity index (χ0n) is 15.4. The van der Waals surface area contributed by atoms with E-state index in [1.54, 1.807) is 0 Å². The smallest absolute Gasteiger partial charge is 0.406 e. The second-order valence-corrected chi connectivity index (χ2v) is 7.75. The van der Waals surface area contributed by atoms with Crippen LogP contribution in [-0.2, 0) is 13.0 Å². The van der Waals surface area contributed by atoms with Crippen LogP contribution in [0.1, 0.15) is 30.4 Å². The lowest BCUT2D eigenvalue weighted by molar-refractivity contribution is -0.274. The minimum absolute atomic E-state index is 0.0665. The van der Waals surface area contributed by atoms with Gasteiger partial charge in [-0.25, -0.2) is 4.98 Å². The first-order valence-corrected chi connectivity index (χ1v) is 9.68. The fourth-order valence-electron chi connectivity index (χ4n) is 3.58. The highest BCUT2D eigenvalue weighted by atomic mass is 35.5. The molecule has 1 aliphatic rings. The van der Waals surface area contributed by atoms with Crippen LogP contribution >= 0.6 is 11.6 Å². The van der Waals surface area contributed by atoms with Crippen molar-refractivity contribution in [3.8, 4) is 5.75 Å². The van der Waals surface area contributed by atoms with Crippen molar-refractivity contribution >= 4 is 22.5 Å². The van der Waals surface area contributed by atoms with E-state index in [0.29, 0.717) is 16.5 Å². The molecule has 0 amide bonds. The maximum atomic E-state index is 12.9. The Morgan fingerprint density at radius 1 is 1.14 bits per heavy atom. The second kappa shape index (κ2) is 7.71. The summed E-state index contributed by atoms with van der Waals surface area (Å²) in [6, 6.07) is 9.19. The standard InChI is InChI=1S/C21H18ClF3N2O2/c22-16-5-4-14(8-13-2-1-3-13)15(9-16)11-27-12-26-19-7-6-17(29-21(23,24)25)10-18(19)20(27)28/h4-7,9-10,12-13H,1-3,8,11H2. The largest absolute Gasteiger partial charge is 0.573 e. The summed E-state index contributed by atoms with van der Waals surface area (Å²) in [6.45, 7) is 0.245. The zero-order valence-corrected chi connectivity index (χ0v) is 16.1. The summed E-state index contributed by atoms with van der Waals surface area (Å²) in [4.78, 5) is 17.1. The van der Waals surface area contributed by atoms with Crippen molar-refractivity contribution < 1.29 is 17.9 Å². The Bertz CT molecular complexity index is 1110. The van der Waals surface area contributed by atoms with Crippen LogP contribution in [0.15, 0.2) is 47.5 Å². The fraction of sp³-hybridized carbons (Fsp3) is 0.333. The predicted molar refractivity (Wildman–Crippen MR) is 104 cm³/mol. The monoisotopic (exact) mass is 422 g/mol. The second-order valence-electron chi connectivity index (χ2n) is 7.32. The molecule has 0 spiro atoms. The molecule has 0 atom stereocenters.